The molecule has 0 aliphatic carbocycles. The zero-order valence-corrected chi connectivity index (χ0v) is 13.5. The first-order valence-corrected chi connectivity index (χ1v) is 9.17. The van der Waals surface area contributed by atoms with E-state index >= 15 is 0 Å². The van der Waals surface area contributed by atoms with E-state index in [4.69, 9.17) is 0 Å². The monoisotopic (exact) mass is 311 g/mol. The lowest BCUT2D eigenvalue weighted by atomic mass is 10.1. The smallest absolute Gasteiger partial charge is 0.212 e. The fourth-order valence-electron chi connectivity index (χ4n) is 2.49. The van der Waals surface area contributed by atoms with Crippen molar-refractivity contribution in [3.05, 3.63) is 35.4 Å². The molecule has 1 aliphatic rings. The van der Waals surface area contributed by atoms with Crippen LogP contribution in [0.5, 0.6) is 0 Å². The van der Waals surface area contributed by atoms with E-state index in [9.17, 15) is 8.42 Å². The second-order valence-corrected chi connectivity index (χ2v) is 7.41. The summed E-state index contributed by atoms with van der Waals surface area (Å²) >= 11 is 0. The lowest BCUT2D eigenvalue weighted by Crippen LogP contribution is -2.46. The largest absolute Gasteiger partial charge is 0.314 e. The summed E-state index contributed by atoms with van der Waals surface area (Å²) in [4.78, 5) is 2.19. The SMILES string of the molecule is Cc1ccccc1CCNS(=O)(=O)CCN1CCNCC1. The van der Waals surface area contributed by atoms with E-state index in [-0.39, 0.29) is 5.75 Å². The van der Waals surface area contributed by atoms with Gasteiger partial charge in [0.15, 0.2) is 0 Å². The molecule has 21 heavy (non-hydrogen) atoms. The lowest BCUT2D eigenvalue weighted by molar-refractivity contribution is 0.253. The van der Waals surface area contributed by atoms with E-state index < -0.39 is 10.0 Å². The van der Waals surface area contributed by atoms with Gasteiger partial charge >= 0.3 is 0 Å². The molecule has 0 atom stereocenters. The Morgan fingerprint density at radius 2 is 1.95 bits per heavy atom. The van der Waals surface area contributed by atoms with E-state index in [1.165, 1.54) is 11.1 Å². The Balaban J connectivity index is 1.72. The zero-order chi connectivity index (χ0) is 15.1. The van der Waals surface area contributed by atoms with Crippen LogP contribution in [0.2, 0.25) is 0 Å². The average molecular weight is 311 g/mol. The summed E-state index contributed by atoms with van der Waals surface area (Å²) in [5.74, 6) is 0.181. The molecule has 0 radical (unpaired) electrons. The minimum atomic E-state index is -3.18. The van der Waals surface area contributed by atoms with Crippen molar-refractivity contribution in [2.24, 2.45) is 0 Å². The topological polar surface area (TPSA) is 61.4 Å². The summed E-state index contributed by atoms with van der Waals surface area (Å²) in [6, 6.07) is 8.08. The molecular formula is C15H25N3O2S. The minimum Gasteiger partial charge on any atom is -0.314 e. The van der Waals surface area contributed by atoms with Gasteiger partial charge in [0.05, 0.1) is 5.75 Å². The summed E-state index contributed by atoms with van der Waals surface area (Å²) in [6.45, 7) is 6.88. The number of hydrogen-bond acceptors (Lipinski definition) is 4. The van der Waals surface area contributed by atoms with Gasteiger partial charge in [-0.05, 0) is 24.5 Å². The van der Waals surface area contributed by atoms with Crippen LogP contribution in [0, 0.1) is 6.92 Å². The van der Waals surface area contributed by atoms with Crippen LogP contribution >= 0.6 is 0 Å². The molecule has 1 saturated heterocycles. The molecular weight excluding hydrogens is 286 g/mol. The first-order chi connectivity index (χ1) is 10.1. The highest BCUT2D eigenvalue weighted by Crippen LogP contribution is 2.07. The molecule has 0 saturated carbocycles. The molecule has 118 valence electrons. The van der Waals surface area contributed by atoms with Crippen LogP contribution in [0.4, 0.5) is 0 Å². The quantitative estimate of drug-likeness (QED) is 0.763. The second-order valence-electron chi connectivity index (χ2n) is 5.48. The number of nitrogens with one attached hydrogen (secondary N) is 2. The molecule has 1 aromatic rings. The van der Waals surface area contributed by atoms with Crippen LogP contribution in [0.15, 0.2) is 24.3 Å². The molecule has 0 amide bonds. The highest BCUT2D eigenvalue weighted by molar-refractivity contribution is 7.89. The number of benzene rings is 1. The predicted molar refractivity (Wildman–Crippen MR) is 86.0 cm³/mol. The Labute approximate surface area is 127 Å². The summed E-state index contributed by atoms with van der Waals surface area (Å²) in [6.07, 6.45) is 0.736. The highest BCUT2D eigenvalue weighted by atomic mass is 32.2. The van der Waals surface area contributed by atoms with Crippen LogP contribution in [-0.4, -0.2) is 58.3 Å². The summed E-state index contributed by atoms with van der Waals surface area (Å²) in [5, 5.41) is 3.26. The molecule has 0 spiro atoms. The molecule has 0 aromatic heterocycles. The van der Waals surface area contributed by atoms with E-state index in [0.29, 0.717) is 13.1 Å². The molecule has 1 fully saturated rings. The van der Waals surface area contributed by atoms with E-state index in [2.05, 4.69) is 14.9 Å². The van der Waals surface area contributed by atoms with Crippen LogP contribution in [-0.2, 0) is 16.4 Å². The molecule has 2 rings (SSSR count). The highest BCUT2D eigenvalue weighted by Gasteiger charge is 2.15. The number of piperazine rings is 1. The van der Waals surface area contributed by atoms with Crippen molar-refractivity contribution in [1.82, 2.24) is 14.9 Å². The third-order valence-corrected chi connectivity index (χ3v) is 5.23. The van der Waals surface area contributed by atoms with E-state index in [1.54, 1.807) is 0 Å². The Bertz CT molecular complexity index is 540. The maximum absolute atomic E-state index is 12.0. The molecule has 2 N–H and O–H groups in total. The van der Waals surface area contributed by atoms with Gasteiger partial charge in [0, 0.05) is 39.3 Å². The number of hydrogen-bond donors (Lipinski definition) is 2. The minimum absolute atomic E-state index is 0.181. The Morgan fingerprint density at radius 1 is 1.24 bits per heavy atom. The summed E-state index contributed by atoms with van der Waals surface area (Å²) in [5.41, 5.74) is 2.40. The molecule has 5 nitrogen and oxygen atoms in total. The van der Waals surface area contributed by atoms with Crippen molar-refractivity contribution >= 4 is 10.0 Å². The second kappa shape index (κ2) is 7.89. The van der Waals surface area contributed by atoms with Gasteiger partial charge in [-0.25, -0.2) is 13.1 Å². The molecule has 1 aromatic carbocycles. The normalized spacial score (nSPS) is 17.0. The van der Waals surface area contributed by atoms with Crippen molar-refractivity contribution in [3.63, 3.8) is 0 Å². The van der Waals surface area contributed by atoms with Crippen molar-refractivity contribution in [2.45, 2.75) is 13.3 Å². The van der Waals surface area contributed by atoms with Crippen LogP contribution < -0.4 is 10.0 Å². The van der Waals surface area contributed by atoms with Gasteiger partial charge in [0.1, 0.15) is 0 Å². The van der Waals surface area contributed by atoms with Gasteiger partial charge in [0.2, 0.25) is 10.0 Å². The third kappa shape index (κ3) is 5.74. The maximum Gasteiger partial charge on any atom is 0.212 e. The van der Waals surface area contributed by atoms with E-state index in [0.717, 1.165) is 32.6 Å². The van der Waals surface area contributed by atoms with Crippen LogP contribution in [0.25, 0.3) is 0 Å². The van der Waals surface area contributed by atoms with Crippen molar-refractivity contribution in [1.29, 1.82) is 0 Å². The van der Waals surface area contributed by atoms with Gasteiger partial charge in [-0.15, -0.1) is 0 Å². The van der Waals surface area contributed by atoms with Gasteiger partial charge in [-0.3, -0.25) is 4.90 Å². The van der Waals surface area contributed by atoms with Crippen molar-refractivity contribution < 1.29 is 8.42 Å². The van der Waals surface area contributed by atoms with Crippen molar-refractivity contribution in [2.75, 3.05) is 45.0 Å². The first kappa shape index (κ1) is 16.4. The van der Waals surface area contributed by atoms with Gasteiger partial charge < -0.3 is 5.32 Å². The fraction of sp³-hybridized carbons (Fsp3) is 0.600. The molecule has 1 heterocycles. The average Bonchev–Trinajstić information content (AvgIpc) is 2.48. The number of sulfonamides is 1. The number of aryl methyl sites for hydroxylation is 1. The number of nitrogens with zero attached hydrogens (tertiary/aromatic N) is 1. The fourth-order valence-corrected chi connectivity index (χ4v) is 3.54. The third-order valence-electron chi connectivity index (χ3n) is 3.86. The maximum atomic E-state index is 12.0. The lowest BCUT2D eigenvalue weighted by Gasteiger charge is -2.26. The standard InChI is InChI=1S/C15H25N3O2S/c1-14-4-2-3-5-15(14)6-7-17-21(19,20)13-12-18-10-8-16-9-11-18/h2-5,16-17H,6-13H2,1H3. The molecule has 0 unspecified atom stereocenters. The summed E-state index contributed by atoms with van der Waals surface area (Å²) < 4.78 is 26.7. The zero-order valence-electron chi connectivity index (χ0n) is 12.6. The predicted octanol–water partition coefficient (Wildman–Crippen LogP) is 0.362. The summed E-state index contributed by atoms with van der Waals surface area (Å²) in [7, 11) is -3.18. The van der Waals surface area contributed by atoms with Gasteiger partial charge in [0.25, 0.3) is 0 Å². The Kier molecular flexibility index (Phi) is 6.17. The molecule has 0 bridgehead atoms. The van der Waals surface area contributed by atoms with Crippen LogP contribution in [0.3, 0.4) is 0 Å². The molecule has 6 heteroatoms. The molecule has 1 aliphatic heterocycles. The Morgan fingerprint density at radius 3 is 2.67 bits per heavy atom. The van der Waals surface area contributed by atoms with E-state index in [1.807, 2.05) is 31.2 Å². The van der Waals surface area contributed by atoms with Gasteiger partial charge in [-0.2, -0.15) is 0 Å². The van der Waals surface area contributed by atoms with Crippen LogP contribution in [0.1, 0.15) is 11.1 Å². The first-order valence-electron chi connectivity index (χ1n) is 7.52. The number of rotatable bonds is 7. The Hall–Kier alpha value is -0.950. The van der Waals surface area contributed by atoms with Gasteiger partial charge in [-0.1, -0.05) is 24.3 Å². The van der Waals surface area contributed by atoms with Crippen molar-refractivity contribution in [3.8, 4) is 0 Å².